The summed E-state index contributed by atoms with van der Waals surface area (Å²) in [7, 11) is 1.94. The molecule has 1 unspecified atom stereocenters. The maximum Gasteiger partial charge on any atom is 0.164 e. The molecular weight excluding hydrogens is 1420 g/mol. The van der Waals surface area contributed by atoms with Gasteiger partial charge in [-0.3, -0.25) is 9.97 Å². The van der Waals surface area contributed by atoms with Crippen molar-refractivity contribution in [2.45, 2.75) is 89.3 Å². The number of hydrogen-bond acceptors (Lipinski definition) is 25. The van der Waals surface area contributed by atoms with E-state index in [4.69, 9.17) is 65.7 Å². The third-order valence-electron chi connectivity index (χ3n) is 19.0. The molecule has 3 fully saturated rings. The van der Waals surface area contributed by atoms with Crippen molar-refractivity contribution in [3.05, 3.63) is 216 Å². The molecule has 0 spiro atoms. The summed E-state index contributed by atoms with van der Waals surface area (Å²) in [6, 6.07) is 43.3. The first kappa shape index (κ1) is 70.8. The Hall–Kier alpha value is -12.5. The Kier molecular flexibility index (Phi) is 21.2. The molecule has 27 nitrogen and oxygen atoms in total. The lowest BCUT2D eigenvalue weighted by Crippen LogP contribution is -2.32. The summed E-state index contributed by atoms with van der Waals surface area (Å²) in [4.78, 5) is 40.4. The Morgan fingerprint density at radius 3 is 1.35 bits per heavy atom. The number of rotatable bonds is 21. The molecule has 15 aromatic rings. The lowest BCUT2D eigenvalue weighted by molar-refractivity contribution is 0.0674. The van der Waals surface area contributed by atoms with Gasteiger partial charge in [-0.05, 0) is 142 Å². The van der Waals surface area contributed by atoms with E-state index in [1.54, 1.807) is 47.1 Å². The van der Waals surface area contributed by atoms with Crippen molar-refractivity contribution in [1.29, 1.82) is 0 Å². The Balaban J connectivity index is 0.000000124. The molecule has 3 aliphatic rings. The maximum atomic E-state index is 14.2. The van der Waals surface area contributed by atoms with Crippen LogP contribution in [-0.4, -0.2) is 105 Å². The minimum Gasteiger partial charge on any atom is -0.488 e. The molecule has 0 amide bonds. The summed E-state index contributed by atoms with van der Waals surface area (Å²) < 4.78 is 63.2. The molecule has 2 saturated heterocycles. The maximum absolute atomic E-state index is 14.2. The summed E-state index contributed by atoms with van der Waals surface area (Å²) in [5.41, 5.74) is 30.6. The molecule has 0 bridgehead atoms. The fraction of sp³-hybridized carbons (Fsp3) is 0.241. The number of imidazole rings is 1. The van der Waals surface area contributed by atoms with Crippen molar-refractivity contribution in [1.82, 2.24) is 84.1 Å². The van der Waals surface area contributed by atoms with E-state index in [-0.39, 0.29) is 12.1 Å². The molecule has 18 rings (SSSR count). The molecule has 6 aromatic carbocycles. The summed E-state index contributed by atoms with van der Waals surface area (Å²) in [6.45, 7) is 4.54. The zero-order valence-electron chi connectivity index (χ0n) is 59.3. The van der Waals surface area contributed by atoms with E-state index in [1.165, 1.54) is 55.3 Å². The normalized spacial score (nSPS) is 14.6. The first-order chi connectivity index (χ1) is 53.5. The highest BCUT2D eigenvalue weighted by Crippen LogP contribution is 2.41. The summed E-state index contributed by atoms with van der Waals surface area (Å²) in [5.74, 6) is 6.34. The highest BCUT2D eigenvalue weighted by atomic mass is 32.1. The number of thiazole rings is 2. The van der Waals surface area contributed by atoms with Crippen molar-refractivity contribution in [3.8, 4) is 85.5 Å². The predicted octanol–water partition coefficient (Wildman–Crippen LogP) is 15.5. The first-order valence-corrected chi connectivity index (χ1v) is 37.5. The van der Waals surface area contributed by atoms with Crippen LogP contribution in [0.5, 0.6) is 51.7 Å². The monoisotopic (exact) mass is 1500 g/mol. The van der Waals surface area contributed by atoms with Gasteiger partial charge in [-0.1, -0.05) is 25.0 Å². The molecule has 30 heteroatoms. The van der Waals surface area contributed by atoms with Crippen LogP contribution in [0.3, 0.4) is 0 Å². The van der Waals surface area contributed by atoms with Gasteiger partial charge >= 0.3 is 0 Å². The van der Waals surface area contributed by atoms with Crippen molar-refractivity contribution in [3.63, 3.8) is 0 Å². The number of nitrogens with one attached hydrogen (secondary N) is 1. The molecule has 2 aliphatic heterocycles. The number of nitrogens with two attached hydrogens (primary N) is 3. The molecule has 1 saturated carbocycles. The predicted molar refractivity (Wildman–Crippen MR) is 413 cm³/mol. The zero-order valence-corrected chi connectivity index (χ0v) is 60.9. The quantitative estimate of drug-likeness (QED) is 0.0519. The summed E-state index contributed by atoms with van der Waals surface area (Å²) in [5, 5.41) is 20.5. The molecule has 0 radical (unpaired) electrons. The molecule has 7 N–H and O–H groups in total. The van der Waals surface area contributed by atoms with Crippen molar-refractivity contribution < 1.29 is 37.5 Å². The smallest absolute Gasteiger partial charge is 0.164 e. The second-order valence-electron chi connectivity index (χ2n) is 26.3. The van der Waals surface area contributed by atoms with E-state index in [0.717, 1.165) is 145 Å². The second kappa shape index (κ2) is 32.7. The van der Waals surface area contributed by atoms with Gasteiger partial charge in [0.25, 0.3) is 0 Å². The van der Waals surface area contributed by atoms with Crippen LogP contribution in [0.25, 0.3) is 66.9 Å². The number of fused-ring (bicyclic) bond motifs is 3. The van der Waals surface area contributed by atoms with E-state index < -0.39 is 5.82 Å². The number of ether oxygens (including phenoxy) is 7. The Bertz CT molecular complexity index is 5570. The van der Waals surface area contributed by atoms with Gasteiger partial charge in [-0.15, -0.1) is 22.7 Å². The van der Waals surface area contributed by atoms with Gasteiger partial charge in [0.15, 0.2) is 16.9 Å². The zero-order chi connectivity index (χ0) is 74.0. The Labute approximate surface area is 632 Å². The fourth-order valence-electron chi connectivity index (χ4n) is 13.5. The fourth-order valence-corrected chi connectivity index (χ4v) is 14.5. The number of hydrogen-bond donors (Lipinski definition) is 4. The van der Waals surface area contributed by atoms with Crippen molar-refractivity contribution in [2.75, 3.05) is 43.5 Å². The van der Waals surface area contributed by atoms with Crippen LogP contribution in [0.15, 0.2) is 194 Å². The number of nitrogens with zero attached hydrogens (tertiary/aromatic N) is 16. The van der Waals surface area contributed by atoms with E-state index >= 15 is 0 Å². The van der Waals surface area contributed by atoms with Gasteiger partial charge in [0.05, 0.1) is 73.3 Å². The van der Waals surface area contributed by atoms with E-state index in [1.807, 2.05) is 153 Å². The van der Waals surface area contributed by atoms with Crippen molar-refractivity contribution >= 4 is 73.2 Å². The SMILES string of the molecule is Cn1cncc1COc1cccc(Oc2ccc(-c3nn(C4CCOCC4)c4ncnc(N)c34)cc2)c1.Nc1ncnc2c1c(-c1ccc(Oc3cc(F)cc(OCc4cncs4)c3)cc1)nn2C1CCCC1.Nc1ncnc2c1c(-c1ccc(Oc3cccc(OCc4cncs4)c3)cc1)nn2C1CCCNC1. The van der Waals surface area contributed by atoms with Gasteiger partial charge in [-0.2, -0.15) is 15.3 Å². The number of aryl methyl sites for hydroxylation is 1. The van der Waals surface area contributed by atoms with Crippen molar-refractivity contribution in [2.24, 2.45) is 7.05 Å². The lowest BCUT2D eigenvalue weighted by Gasteiger charge is -2.23. The lowest BCUT2D eigenvalue weighted by atomic mass is 10.1. The molecule has 9 aromatic heterocycles. The minimum absolute atomic E-state index is 0.217. The molecule has 1 aliphatic carbocycles. The number of nitrogen functional groups attached to an aromatic ring is 3. The summed E-state index contributed by atoms with van der Waals surface area (Å²) >= 11 is 3.05. The van der Waals surface area contributed by atoms with E-state index in [0.29, 0.717) is 96.8 Å². The van der Waals surface area contributed by atoms with Crippen LogP contribution >= 0.6 is 22.7 Å². The molecule has 1 atom stereocenters. The second-order valence-corrected chi connectivity index (χ2v) is 28.2. The third-order valence-corrected chi connectivity index (χ3v) is 20.5. The molecule has 109 heavy (non-hydrogen) atoms. The first-order valence-electron chi connectivity index (χ1n) is 35.7. The topological polar surface area (TPSA) is 329 Å². The van der Waals surface area contributed by atoms with Gasteiger partial charge in [0.2, 0.25) is 0 Å². The van der Waals surface area contributed by atoms with E-state index in [2.05, 4.69) is 50.2 Å². The van der Waals surface area contributed by atoms with Crippen LogP contribution in [0.4, 0.5) is 21.8 Å². The minimum atomic E-state index is -0.442. The van der Waals surface area contributed by atoms with Crippen LogP contribution in [0, 0.1) is 5.82 Å². The number of anilines is 3. The average molecular weight is 1500 g/mol. The molecular formula is C79H75FN20O7S2. The van der Waals surface area contributed by atoms with E-state index in [9.17, 15) is 4.39 Å². The van der Waals surface area contributed by atoms with Crippen LogP contribution in [0.2, 0.25) is 0 Å². The number of piperidine rings is 1. The van der Waals surface area contributed by atoms with Crippen LogP contribution < -0.4 is 50.9 Å². The van der Waals surface area contributed by atoms with Crippen LogP contribution in [-0.2, 0) is 31.6 Å². The largest absolute Gasteiger partial charge is 0.488 e. The molecule has 552 valence electrons. The highest BCUT2D eigenvalue weighted by molar-refractivity contribution is 7.09. The number of aromatic nitrogens is 16. The number of halogens is 1. The van der Waals surface area contributed by atoms with Gasteiger partial charge in [-0.25, -0.2) is 53.3 Å². The van der Waals surface area contributed by atoms with Crippen LogP contribution in [0.1, 0.15) is 84.9 Å². The Morgan fingerprint density at radius 2 is 0.890 bits per heavy atom. The number of benzene rings is 6. The molecule has 11 heterocycles. The third kappa shape index (κ3) is 16.4. The Morgan fingerprint density at radius 1 is 0.459 bits per heavy atom. The van der Waals surface area contributed by atoms with Gasteiger partial charge in [0.1, 0.15) is 131 Å². The summed E-state index contributed by atoms with van der Waals surface area (Å²) in [6.07, 6.45) is 20.0. The van der Waals surface area contributed by atoms with Gasteiger partial charge < -0.3 is 60.2 Å². The average Bonchev–Trinajstić information content (AvgIpc) is 1.63. The standard InChI is InChI=1S/C27H27N7O3.C26H23FN6O2S.C26H25N7O2S/c1-33-17-29-14-20(33)15-36-22-3-2-4-23(13-22)37-21-7-5-18(6-8-21)25-24-26(28)30-16-31-27(24)34(32-25)19-9-11-35-12-10-19;27-17-9-20(34-13-22-12-29-15-36-22)11-21(10-17)35-19-7-5-16(6-8-19)24-23-25(28)30-14-31-26(23)33(32-24)18-3-1-2-4-18;27-25-23-24(32-33(26(23)31-15-30-25)18-3-2-10-28-12-18)17-6-8-19(9-7-17)35-21-5-1-4-20(11-21)34-14-22-13-29-16-36-22/h2-8,13-14,16-17,19H,9-12,15H2,1H3,(H2,28,30,31);5-12,14-15,18H,1-4,13H2,(H2,28,30,31);1,4-9,11,13,15-16,18,28H,2-3,10,12,14H2,(H2,27,30,31). The van der Waals surface area contributed by atoms with Gasteiger partial charge in [0, 0.05) is 86.2 Å². The highest BCUT2D eigenvalue weighted by Gasteiger charge is 2.28.